The second-order valence-electron chi connectivity index (χ2n) is 4.31. The molecule has 2 rings (SSSR count). The fourth-order valence-electron chi connectivity index (χ4n) is 1.77. The van der Waals surface area contributed by atoms with Crippen LogP contribution in [-0.2, 0) is 0 Å². The number of carbonyl (C=O) groups excluding carboxylic acids is 1. The summed E-state index contributed by atoms with van der Waals surface area (Å²) in [5.41, 5.74) is 1.19. The molecular formula is C14H12Cl2N2O2. The van der Waals surface area contributed by atoms with Crippen LogP contribution in [-0.4, -0.2) is 5.91 Å². The van der Waals surface area contributed by atoms with Crippen molar-refractivity contribution >= 4 is 29.1 Å². The lowest BCUT2D eigenvalue weighted by Crippen LogP contribution is -2.29. The first kappa shape index (κ1) is 14.6. The number of pyridine rings is 1. The molecule has 0 saturated heterocycles. The van der Waals surface area contributed by atoms with Crippen molar-refractivity contribution in [3.8, 4) is 0 Å². The Balaban J connectivity index is 2.12. The summed E-state index contributed by atoms with van der Waals surface area (Å²) in [7, 11) is 0. The zero-order valence-electron chi connectivity index (χ0n) is 10.6. The normalized spacial score (nSPS) is 11.9. The Labute approximate surface area is 126 Å². The number of nitrogens with zero attached hydrogens (tertiary/aromatic N) is 1. The SMILES string of the molecule is CC(NC(=O)c1cc[n+]([O-])cc1)c1ccc(Cl)cc1Cl. The first-order chi connectivity index (χ1) is 9.47. The van der Waals surface area contributed by atoms with Gasteiger partial charge in [-0.15, -0.1) is 0 Å². The summed E-state index contributed by atoms with van der Waals surface area (Å²) in [5.74, 6) is -0.274. The topological polar surface area (TPSA) is 56.0 Å². The van der Waals surface area contributed by atoms with Gasteiger partial charge >= 0.3 is 0 Å². The Morgan fingerprint density at radius 3 is 2.50 bits per heavy atom. The molecule has 1 heterocycles. The zero-order valence-corrected chi connectivity index (χ0v) is 12.2. The van der Waals surface area contributed by atoms with Crippen molar-refractivity contribution in [2.75, 3.05) is 0 Å². The number of aromatic nitrogens is 1. The Kier molecular flexibility index (Phi) is 4.47. The maximum absolute atomic E-state index is 12.0. The van der Waals surface area contributed by atoms with E-state index in [1.807, 2.05) is 6.92 Å². The van der Waals surface area contributed by atoms with Crippen molar-refractivity contribution in [1.82, 2.24) is 5.32 Å². The minimum Gasteiger partial charge on any atom is -0.619 e. The third-order valence-electron chi connectivity index (χ3n) is 2.84. The second kappa shape index (κ2) is 6.11. The van der Waals surface area contributed by atoms with E-state index in [0.29, 0.717) is 20.3 Å². The van der Waals surface area contributed by atoms with Gasteiger partial charge < -0.3 is 10.5 Å². The Morgan fingerprint density at radius 2 is 1.90 bits per heavy atom. The fraction of sp³-hybridized carbons (Fsp3) is 0.143. The first-order valence-corrected chi connectivity index (χ1v) is 6.67. The number of hydrogen-bond acceptors (Lipinski definition) is 2. The van der Waals surface area contributed by atoms with Gasteiger partial charge in [-0.05, 0) is 24.6 Å². The highest BCUT2D eigenvalue weighted by molar-refractivity contribution is 6.35. The van der Waals surface area contributed by atoms with Gasteiger partial charge in [0.25, 0.3) is 5.91 Å². The molecule has 0 aliphatic heterocycles. The van der Waals surface area contributed by atoms with Crippen LogP contribution >= 0.6 is 23.2 Å². The molecule has 20 heavy (non-hydrogen) atoms. The second-order valence-corrected chi connectivity index (χ2v) is 5.15. The quantitative estimate of drug-likeness (QED) is 0.699. The van der Waals surface area contributed by atoms with Gasteiger partial charge in [-0.3, -0.25) is 4.79 Å². The van der Waals surface area contributed by atoms with E-state index < -0.39 is 0 Å². The largest absolute Gasteiger partial charge is 0.619 e. The smallest absolute Gasteiger partial charge is 0.252 e. The van der Waals surface area contributed by atoms with Crippen molar-refractivity contribution in [1.29, 1.82) is 0 Å². The molecule has 1 N–H and O–H groups in total. The monoisotopic (exact) mass is 310 g/mol. The Morgan fingerprint density at radius 1 is 1.25 bits per heavy atom. The lowest BCUT2D eigenvalue weighted by molar-refractivity contribution is -0.605. The highest BCUT2D eigenvalue weighted by atomic mass is 35.5. The van der Waals surface area contributed by atoms with Crippen LogP contribution in [0.3, 0.4) is 0 Å². The molecule has 0 saturated carbocycles. The van der Waals surface area contributed by atoms with E-state index in [4.69, 9.17) is 23.2 Å². The van der Waals surface area contributed by atoms with Gasteiger partial charge in [-0.1, -0.05) is 29.3 Å². The van der Waals surface area contributed by atoms with E-state index in [-0.39, 0.29) is 11.9 Å². The van der Waals surface area contributed by atoms with Gasteiger partial charge in [0, 0.05) is 22.2 Å². The number of amides is 1. The number of hydrogen-bond donors (Lipinski definition) is 1. The molecule has 104 valence electrons. The molecule has 1 amide bonds. The molecular weight excluding hydrogens is 299 g/mol. The number of rotatable bonds is 3. The maximum Gasteiger partial charge on any atom is 0.252 e. The first-order valence-electron chi connectivity index (χ1n) is 5.92. The summed E-state index contributed by atoms with van der Waals surface area (Å²) in [6.45, 7) is 1.82. The molecule has 0 spiro atoms. The molecule has 0 aliphatic carbocycles. The summed E-state index contributed by atoms with van der Waals surface area (Å²) in [5, 5.41) is 14.8. The summed E-state index contributed by atoms with van der Waals surface area (Å²) in [6, 6.07) is 7.76. The predicted molar refractivity (Wildman–Crippen MR) is 77.7 cm³/mol. The van der Waals surface area contributed by atoms with E-state index >= 15 is 0 Å². The highest BCUT2D eigenvalue weighted by Gasteiger charge is 2.14. The summed E-state index contributed by atoms with van der Waals surface area (Å²) < 4.78 is 0.621. The summed E-state index contributed by atoms with van der Waals surface area (Å²) in [4.78, 5) is 12.0. The van der Waals surface area contributed by atoms with Crippen LogP contribution in [0.1, 0.15) is 28.9 Å². The van der Waals surface area contributed by atoms with E-state index in [2.05, 4.69) is 5.32 Å². The molecule has 0 radical (unpaired) electrons. The van der Waals surface area contributed by atoms with Gasteiger partial charge in [0.2, 0.25) is 0 Å². The predicted octanol–water partition coefficient (Wildman–Crippen LogP) is 3.12. The number of halogens is 2. The van der Waals surface area contributed by atoms with E-state index in [1.165, 1.54) is 24.5 Å². The molecule has 0 fully saturated rings. The van der Waals surface area contributed by atoms with Gasteiger partial charge in [-0.25, -0.2) is 0 Å². The van der Waals surface area contributed by atoms with Crippen LogP contribution < -0.4 is 10.0 Å². The van der Waals surface area contributed by atoms with Crippen molar-refractivity contribution < 1.29 is 9.52 Å². The van der Waals surface area contributed by atoms with E-state index in [0.717, 1.165) is 5.56 Å². The zero-order chi connectivity index (χ0) is 14.7. The molecule has 1 aromatic heterocycles. The number of benzene rings is 1. The average Bonchev–Trinajstić information content (AvgIpc) is 2.39. The average molecular weight is 311 g/mol. The third-order valence-corrected chi connectivity index (χ3v) is 3.40. The van der Waals surface area contributed by atoms with Crippen LogP contribution in [0.4, 0.5) is 0 Å². The molecule has 4 nitrogen and oxygen atoms in total. The van der Waals surface area contributed by atoms with Crippen molar-refractivity contribution in [3.05, 3.63) is 69.1 Å². The van der Waals surface area contributed by atoms with Crippen LogP contribution in [0.2, 0.25) is 10.0 Å². The van der Waals surface area contributed by atoms with Crippen LogP contribution in [0.5, 0.6) is 0 Å². The van der Waals surface area contributed by atoms with Crippen molar-refractivity contribution in [2.24, 2.45) is 0 Å². The van der Waals surface area contributed by atoms with E-state index in [9.17, 15) is 10.0 Å². The van der Waals surface area contributed by atoms with Gasteiger partial charge in [0.05, 0.1) is 11.6 Å². The lowest BCUT2D eigenvalue weighted by Gasteiger charge is -2.15. The minimum atomic E-state index is -0.274. The van der Waals surface area contributed by atoms with Gasteiger partial charge in [0.1, 0.15) is 0 Å². The number of nitrogens with one attached hydrogen (secondary N) is 1. The fourth-order valence-corrected chi connectivity index (χ4v) is 2.35. The van der Waals surface area contributed by atoms with Gasteiger partial charge in [-0.2, -0.15) is 4.73 Å². The Hall–Kier alpha value is -1.78. The standard InChI is InChI=1S/C14H12Cl2N2O2/c1-9(12-3-2-11(15)8-13(12)16)17-14(19)10-4-6-18(20)7-5-10/h2-9H,1H3,(H,17,19). The number of carbonyl (C=O) groups is 1. The maximum atomic E-state index is 12.0. The van der Waals surface area contributed by atoms with Crippen molar-refractivity contribution in [2.45, 2.75) is 13.0 Å². The van der Waals surface area contributed by atoms with Crippen LogP contribution in [0.25, 0.3) is 0 Å². The van der Waals surface area contributed by atoms with Gasteiger partial charge in [0.15, 0.2) is 12.4 Å². The summed E-state index contributed by atoms with van der Waals surface area (Å²) >= 11 is 11.9. The van der Waals surface area contributed by atoms with Crippen LogP contribution in [0, 0.1) is 5.21 Å². The molecule has 1 unspecified atom stereocenters. The molecule has 6 heteroatoms. The molecule has 1 atom stereocenters. The van der Waals surface area contributed by atoms with E-state index in [1.54, 1.807) is 18.2 Å². The minimum absolute atomic E-state index is 0.271. The molecule has 1 aromatic carbocycles. The van der Waals surface area contributed by atoms with Crippen LogP contribution in [0.15, 0.2) is 42.7 Å². The van der Waals surface area contributed by atoms with Crippen molar-refractivity contribution in [3.63, 3.8) is 0 Å². The summed E-state index contributed by atoms with van der Waals surface area (Å²) in [6.07, 6.45) is 2.55. The highest BCUT2D eigenvalue weighted by Crippen LogP contribution is 2.26. The third kappa shape index (κ3) is 3.40. The lowest BCUT2D eigenvalue weighted by atomic mass is 10.1. The molecule has 0 aliphatic rings. The Bertz CT molecular complexity index is 630. The molecule has 2 aromatic rings. The molecule has 0 bridgehead atoms.